The van der Waals surface area contributed by atoms with Crippen LogP contribution in [0.15, 0.2) is 29.8 Å². The summed E-state index contributed by atoms with van der Waals surface area (Å²) in [7, 11) is 0. The van der Waals surface area contributed by atoms with Crippen molar-refractivity contribution in [1.29, 1.82) is 0 Å². The number of alkyl halides is 3. The summed E-state index contributed by atoms with van der Waals surface area (Å²) in [5.74, 6) is -1.43. The topological polar surface area (TPSA) is 20.2 Å². The van der Waals surface area contributed by atoms with Crippen molar-refractivity contribution in [3.8, 4) is 0 Å². The average molecular weight is 248 g/mol. The second-order valence-corrected chi connectivity index (χ2v) is 3.90. The first-order valence-electron chi connectivity index (χ1n) is 4.92. The fraction of sp³-hybridized carbons (Fsp3) is 0.333. The van der Waals surface area contributed by atoms with E-state index in [1.807, 2.05) is 0 Å². The zero-order valence-electron chi connectivity index (χ0n) is 9.35. The van der Waals surface area contributed by atoms with Gasteiger partial charge in [0.05, 0.1) is 5.56 Å². The van der Waals surface area contributed by atoms with Gasteiger partial charge in [-0.15, -0.1) is 0 Å². The first-order chi connectivity index (χ1) is 7.73. The SMILES string of the molecule is CC(C)=CC(O)c1cccc(C(F)(F)F)c1F. The van der Waals surface area contributed by atoms with Crippen LogP contribution >= 0.6 is 0 Å². The lowest BCUT2D eigenvalue weighted by atomic mass is 10.0. The number of allylic oxidation sites excluding steroid dienone is 1. The van der Waals surface area contributed by atoms with Gasteiger partial charge in [0.1, 0.15) is 11.9 Å². The summed E-state index contributed by atoms with van der Waals surface area (Å²) in [6.07, 6.45) is -4.84. The number of rotatable bonds is 2. The molecule has 0 aliphatic rings. The molecule has 0 saturated carbocycles. The number of halogens is 4. The molecule has 0 aliphatic heterocycles. The van der Waals surface area contributed by atoms with Crippen LogP contribution in [0.5, 0.6) is 0 Å². The Morgan fingerprint density at radius 3 is 2.35 bits per heavy atom. The lowest BCUT2D eigenvalue weighted by Crippen LogP contribution is -2.11. The van der Waals surface area contributed by atoms with Crippen LogP contribution in [-0.4, -0.2) is 5.11 Å². The van der Waals surface area contributed by atoms with Gasteiger partial charge in [-0.2, -0.15) is 13.2 Å². The van der Waals surface area contributed by atoms with E-state index in [-0.39, 0.29) is 5.56 Å². The summed E-state index contributed by atoms with van der Waals surface area (Å²) >= 11 is 0. The molecule has 0 aromatic heterocycles. The number of hydrogen-bond acceptors (Lipinski definition) is 1. The van der Waals surface area contributed by atoms with Crippen LogP contribution in [0, 0.1) is 5.82 Å². The predicted octanol–water partition coefficient (Wildman–Crippen LogP) is 3.84. The molecule has 5 heteroatoms. The Hall–Kier alpha value is -1.36. The molecule has 0 aliphatic carbocycles. The molecule has 1 nitrogen and oxygen atoms in total. The van der Waals surface area contributed by atoms with Crippen molar-refractivity contribution in [3.63, 3.8) is 0 Å². The minimum absolute atomic E-state index is 0.374. The third-order valence-electron chi connectivity index (χ3n) is 2.14. The fourth-order valence-electron chi connectivity index (χ4n) is 1.40. The van der Waals surface area contributed by atoms with E-state index in [9.17, 15) is 22.7 Å². The van der Waals surface area contributed by atoms with Crippen LogP contribution in [0.3, 0.4) is 0 Å². The molecule has 0 radical (unpaired) electrons. The van der Waals surface area contributed by atoms with Crippen molar-refractivity contribution < 1.29 is 22.7 Å². The van der Waals surface area contributed by atoms with Gasteiger partial charge in [-0.1, -0.05) is 23.8 Å². The van der Waals surface area contributed by atoms with Gasteiger partial charge in [-0.3, -0.25) is 0 Å². The molecule has 0 bridgehead atoms. The number of aliphatic hydroxyl groups is 1. The zero-order chi connectivity index (χ0) is 13.2. The lowest BCUT2D eigenvalue weighted by Gasteiger charge is -2.13. The normalized spacial score (nSPS) is 13.4. The van der Waals surface area contributed by atoms with Crippen molar-refractivity contribution in [1.82, 2.24) is 0 Å². The van der Waals surface area contributed by atoms with E-state index in [1.165, 1.54) is 6.08 Å². The number of hydrogen-bond donors (Lipinski definition) is 1. The summed E-state index contributed by atoms with van der Waals surface area (Å²) in [4.78, 5) is 0. The van der Waals surface area contributed by atoms with Crippen LogP contribution in [0.25, 0.3) is 0 Å². The molecule has 0 saturated heterocycles. The summed E-state index contributed by atoms with van der Waals surface area (Å²) < 4.78 is 50.8. The Bertz CT molecular complexity index is 431. The minimum Gasteiger partial charge on any atom is -0.384 e. The molecule has 1 atom stereocenters. The summed E-state index contributed by atoms with van der Waals surface area (Å²) in [6, 6.07) is 2.85. The van der Waals surface area contributed by atoms with Gasteiger partial charge in [0, 0.05) is 5.56 Å². The Morgan fingerprint density at radius 1 is 1.29 bits per heavy atom. The molecule has 1 aromatic rings. The third-order valence-corrected chi connectivity index (χ3v) is 2.14. The van der Waals surface area contributed by atoms with E-state index in [2.05, 4.69) is 0 Å². The highest BCUT2D eigenvalue weighted by Gasteiger charge is 2.35. The van der Waals surface area contributed by atoms with Crippen LogP contribution in [0.2, 0.25) is 0 Å². The molecule has 1 N–H and O–H groups in total. The van der Waals surface area contributed by atoms with E-state index in [4.69, 9.17) is 0 Å². The maximum absolute atomic E-state index is 13.6. The average Bonchev–Trinajstić information content (AvgIpc) is 2.14. The second-order valence-electron chi connectivity index (χ2n) is 3.90. The molecule has 0 heterocycles. The third kappa shape index (κ3) is 3.30. The molecule has 1 aromatic carbocycles. The van der Waals surface area contributed by atoms with Crippen LogP contribution < -0.4 is 0 Å². The van der Waals surface area contributed by atoms with E-state index in [0.717, 1.165) is 12.1 Å². The maximum atomic E-state index is 13.6. The number of aliphatic hydroxyl groups excluding tert-OH is 1. The Kier molecular flexibility index (Phi) is 3.93. The molecule has 94 valence electrons. The van der Waals surface area contributed by atoms with Gasteiger partial charge >= 0.3 is 6.18 Å². The summed E-state index contributed by atoms with van der Waals surface area (Å²) in [5.41, 5.74) is -1.05. The van der Waals surface area contributed by atoms with Gasteiger partial charge < -0.3 is 5.11 Å². The summed E-state index contributed by atoms with van der Waals surface area (Å²) in [6.45, 7) is 3.32. The quantitative estimate of drug-likeness (QED) is 0.622. The fourth-order valence-corrected chi connectivity index (χ4v) is 1.40. The Balaban J connectivity index is 3.24. The van der Waals surface area contributed by atoms with Gasteiger partial charge in [-0.25, -0.2) is 4.39 Å². The monoisotopic (exact) mass is 248 g/mol. The van der Waals surface area contributed by atoms with Gasteiger partial charge in [0.25, 0.3) is 0 Å². The van der Waals surface area contributed by atoms with E-state index < -0.39 is 23.7 Å². The van der Waals surface area contributed by atoms with E-state index in [1.54, 1.807) is 13.8 Å². The summed E-state index contributed by atoms with van der Waals surface area (Å²) in [5, 5.41) is 9.58. The van der Waals surface area contributed by atoms with Gasteiger partial charge in [0.15, 0.2) is 0 Å². The highest BCUT2D eigenvalue weighted by Crippen LogP contribution is 2.34. The maximum Gasteiger partial charge on any atom is 0.419 e. The predicted molar refractivity (Wildman–Crippen MR) is 55.8 cm³/mol. The highest BCUT2D eigenvalue weighted by molar-refractivity contribution is 5.31. The van der Waals surface area contributed by atoms with Crippen molar-refractivity contribution >= 4 is 0 Å². The molecular weight excluding hydrogens is 236 g/mol. The van der Waals surface area contributed by atoms with Crippen molar-refractivity contribution in [2.24, 2.45) is 0 Å². The largest absolute Gasteiger partial charge is 0.419 e. The first kappa shape index (κ1) is 13.7. The molecule has 0 amide bonds. The smallest absolute Gasteiger partial charge is 0.384 e. The standard InChI is InChI=1S/C12H12F4O/c1-7(2)6-10(17)8-4-3-5-9(11(8)13)12(14,15)16/h3-6,10,17H,1-2H3. The van der Waals surface area contributed by atoms with Crippen molar-refractivity contribution in [2.45, 2.75) is 26.1 Å². The van der Waals surface area contributed by atoms with Crippen LogP contribution in [0.4, 0.5) is 17.6 Å². The van der Waals surface area contributed by atoms with Crippen molar-refractivity contribution in [3.05, 3.63) is 46.8 Å². The Labute approximate surface area is 96.4 Å². The van der Waals surface area contributed by atoms with E-state index >= 15 is 0 Å². The molecular formula is C12H12F4O. The van der Waals surface area contributed by atoms with Crippen LogP contribution in [-0.2, 0) is 6.18 Å². The van der Waals surface area contributed by atoms with Crippen molar-refractivity contribution in [2.75, 3.05) is 0 Å². The van der Waals surface area contributed by atoms with Crippen LogP contribution in [0.1, 0.15) is 31.1 Å². The number of benzene rings is 1. The molecule has 17 heavy (non-hydrogen) atoms. The second kappa shape index (κ2) is 4.87. The molecule has 1 rings (SSSR count). The van der Waals surface area contributed by atoms with Gasteiger partial charge in [-0.05, 0) is 19.9 Å². The molecule has 0 spiro atoms. The van der Waals surface area contributed by atoms with E-state index in [0.29, 0.717) is 11.6 Å². The Morgan fingerprint density at radius 2 is 1.88 bits per heavy atom. The lowest BCUT2D eigenvalue weighted by molar-refractivity contribution is -0.140. The minimum atomic E-state index is -4.76. The highest BCUT2D eigenvalue weighted by atomic mass is 19.4. The van der Waals surface area contributed by atoms with Gasteiger partial charge in [0.2, 0.25) is 0 Å². The first-order valence-corrected chi connectivity index (χ1v) is 4.92. The molecule has 0 fully saturated rings. The zero-order valence-corrected chi connectivity index (χ0v) is 9.35. The molecule has 1 unspecified atom stereocenters.